The van der Waals surface area contributed by atoms with Gasteiger partial charge in [-0.3, -0.25) is 9.59 Å². The van der Waals surface area contributed by atoms with Gasteiger partial charge in [0.05, 0.1) is 5.56 Å². The molecule has 3 heteroatoms. The van der Waals surface area contributed by atoms with Gasteiger partial charge in [0.2, 0.25) is 0 Å². The first-order chi connectivity index (χ1) is 9.79. The van der Waals surface area contributed by atoms with Crippen LogP contribution in [0.3, 0.4) is 0 Å². The molecule has 0 saturated heterocycles. The molecule has 2 fully saturated rings. The Bertz CT molecular complexity index is 672. The van der Waals surface area contributed by atoms with Gasteiger partial charge in [0.15, 0.2) is 11.6 Å². The Kier molecular flexibility index (Phi) is 2.94. The average molecular weight is 286 g/mol. The lowest BCUT2D eigenvalue weighted by atomic mass is 9.70. The molecule has 0 aliphatic heterocycles. The van der Waals surface area contributed by atoms with Crippen LogP contribution in [0.25, 0.3) is 0 Å². The number of Topliss-reactive ketones (excluding diaryl/α,β-unsaturated/α-hetero) is 1. The molecule has 0 radical (unpaired) electrons. The highest BCUT2D eigenvalue weighted by atomic mass is 19.1. The van der Waals surface area contributed by atoms with Crippen molar-refractivity contribution in [3.8, 4) is 0 Å². The van der Waals surface area contributed by atoms with Crippen molar-refractivity contribution in [3.63, 3.8) is 0 Å². The molecule has 0 spiro atoms. The van der Waals surface area contributed by atoms with Crippen LogP contribution in [0.5, 0.6) is 0 Å². The quantitative estimate of drug-likeness (QED) is 0.609. The van der Waals surface area contributed by atoms with Crippen molar-refractivity contribution in [1.82, 2.24) is 0 Å². The third-order valence-electron chi connectivity index (χ3n) is 5.79. The van der Waals surface area contributed by atoms with Crippen LogP contribution in [0.15, 0.2) is 35.9 Å². The predicted octanol–water partition coefficient (Wildman–Crippen LogP) is 3.96. The average Bonchev–Trinajstić information content (AvgIpc) is 2.73. The molecule has 1 aromatic carbocycles. The minimum Gasteiger partial charge on any atom is -0.294 e. The van der Waals surface area contributed by atoms with Gasteiger partial charge in [-0.25, -0.2) is 4.39 Å². The Balaban J connectivity index is 2.01. The van der Waals surface area contributed by atoms with Gasteiger partial charge in [-0.05, 0) is 42.4 Å². The van der Waals surface area contributed by atoms with E-state index in [1.165, 1.54) is 18.2 Å². The number of rotatable bonds is 2. The molecule has 2 bridgehead atoms. The van der Waals surface area contributed by atoms with Crippen molar-refractivity contribution >= 4 is 11.6 Å². The van der Waals surface area contributed by atoms with Crippen LogP contribution in [0, 0.1) is 22.6 Å². The Labute approximate surface area is 124 Å². The van der Waals surface area contributed by atoms with E-state index in [4.69, 9.17) is 0 Å². The van der Waals surface area contributed by atoms with E-state index >= 15 is 0 Å². The van der Waals surface area contributed by atoms with Crippen LogP contribution in [0.4, 0.5) is 4.39 Å². The first-order valence-corrected chi connectivity index (χ1v) is 7.34. The van der Waals surface area contributed by atoms with E-state index in [9.17, 15) is 14.0 Å². The maximum absolute atomic E-state index is 13.7. The largest absolute Gasteiger partial charge is 0.294 e. The van der Waals surface area contributed by atoms with Gasteiger partial charge in [0, 0.05) is 11.0 Å². The molecule has 0 heterocycles. The Morgan fingerprint density at radius 1 is 1.29 bits per heavy atom. The highest BCUT2D eigenvalue weighted by molar-refractivity contribution is 6.13. The fourth-order valence-corrected chi connectivity index (χ4v) is 3.97. The first-order valence-electron chi connectivity index (χ1n) is 7.34. The van der Waals surface area contributed by atoms with Crippen molar-refractivity contribution in [2.45, 2.75) is 33.6 Å². The van der Waals surface area contributed by atoms with Gasteiger partial charge in [-0.1, -0.05) is 32.9 Å². The van der Waals surface area contributed by atoms with Crippen molar-refractivity contribution in [2.24, 2.45) is 16.7 Å². The molecule has 21 heavy (non-hydrogen) atoms. The molecule has 1 aromatic rings. The second kappa shape index (κ2) is 4.36. The number of carbonyl (C=O) groups excluding carboxylic acids is 2. The zero-order valence-electron chi connectivity index (χ0n) is 12.6. The van der Waals surface area contributed by atoms with Gasteiger partial charge in [0.25, 0.3) is 0 Å². The van der Waals surface area contributed by atoms with Crippen LogP contribution in [-0.2, 0) is 4.79 Å². The fraction of sp³-hybridized carbons (Fsp3) is 0.444. The molecule has 110 valence electrons. The molecule has 1 unspecified atom stereocenters. The van der Waals surface area contributed by atoms with Gasteiger partial charge < -0.3 is 0 Å². The molecule has 2 aliphatic rings. The third kappa shape index (κ3) is 1.76. The smallest absolute Gasteiger partial charge is 0.189 e. The summed E-state index contributed by atoms with van der Waals surface area (Å²) in [5.74, 6) is -0.789. The lowest BCUT2D eigenvalue weighted by Crippen LogP contribution is -2.32. The molecular formula is C18H19FO2. The van der Waals surface area contributed by atoms with E-state index in [0.717, 1.165) is 12.8 Å². The highest BCUT2D eigenvalue weighted by Crippen LogP contribution is 2.65. The molecule has 2 aliphatic carbocycles. The van der Waals surface area contributed by atoms with E-state index in [1.807, 2.05) is 6.92 Å². The standard InChI is InChI=1S/C18H19FO2/c1-17(2)13-8-9-18(17,3)16(21)12(13)10-15(20)11-6-4-5-7-14(11)19/h4-7,10,13H,8-9H2,1-3H3/b12-10+/t13-,18?/m0/s1. The number of hydrogen-bond donors (Lipinski definition) is 0. The SMILES string of the molecule is CC12CC[C@@H](/C(=C\C(=O)c3ccccc3F)C1=O)C2(C)C. The topological polar surface area (TPSA) is 34.1 Å². The minimum atomic E-state index is -0.541. The normalized spacial score (nSPS) is 31.9. The molecular weight excluding hydrogens is 267 g/mol. The molecule has 3 rings (SSSR count). The molecule has 2 nitrogen and oxygen atoms in total. The summed E-state index contributed by atoms with van der Waals surface area (Å²) in [5.41, 5.74) is 0.0929. The highest BCUT2D eigenvalue weighted by Gasteiger charge is 2.63. The van der Waals surface area contributed by atoms with Gasteiger partial charge in [-0.2, -0.15) is 0 Å². The summed E-state index contributed by atoms with van der Waals surface area (Å²) >= 11 is 0. The Morgan fingerprint density at radius 2 is 1.95 bits per heavy atom. The third-order valence-corrected chi connectivity index (χ3v) is 5.79. The monoisotopic (exact) mass is 286 g/mol. The Hall–Kier alpha value is -1.77. The lowest BCUT2D eigenvalue weighted by molar-refractivity contribution is -0.125. The number of hydrogen-bond acceptors (Lipinski definition) is 2. The molecule has 0 aromatic heterocycles. The van der Waals surface area contributed by atoms with E-state index in [1.54, 1.807) is 12.1 Å². The summed E-state index contributed by atoms with van der Waals surface area (Å²) in [6.45, 7) is 6.18. The summed E-state index contributed by atoms with van der Waals surface area (Å²) in [4.78, 5) is 24.9. The van der Waals surface area contributed by atoms with E-state index in [2.05, 4.69) is 13.8 Å². The van der Waals surface area contributed by atoms with E-state index in [0.29, 0.717) is 5.57 Å². The summed E-state index contributed by atoms with van der Waals surface area (Å²) in [6, 6.07) is 5.90. The predicted molar refractivity (Wildman–Crippen MR) is 78.4 cm³/mol. The summed E-state index contributed by atoms with van der Waals surface area (Å²) in [6.07, 6.45) is 3.16. The number of fused-ring (bicyclic) bond motifs is 2. The molecule has 0 N–H and O–H groups in total. The molecule has 0 amide bonds. The fourth-order valence-electron chi connectivity index (χ4n) is 3.97. The van der Waals surface area contributed by atoms with Crippen LogP contribution in [-0.4, -0.2) is 11.6 Å². The van der Waals surface area contributed by atoms with Gasteiger partial charge in [0.1, 0.15) is 5.82 Å². The van der Waals surface area contributed by atoms with Crippen LogP contribution in [0.1, 0.15) is 44.0 Å². The van der Waals surface area contributed by atoms with Crippen LogP contribution < -0.4 is 0 Å². The molecule has 2 atom stereocenters. The van der Waals surface area contributed by atoms with Gasteiger partial charge >= 0.3 is 0 Å². The lowest BCUT2D eigenvalue weighted by Gasteiger charge is -2.31. The number of halogens is 1. The van der Waals surface area contributed by atoms with Crippen molar-refractivity contribution in [1.29, 1.82) is 0 Å². The minimum absolute atomic E-state index is 0.0310. The van der Waals surface area contributed by atoms with E-state index in [-0.39, 0.29) is 28.1 Å². The Morgan fingerprint density at radius 3 is 2.52 bits per heavy atom. The van der Waals surface area contributed by atoms with Crippen molar-refractivity contribution in [3.05, 3.63) is 47.3 Å². The van der Waals surface area contributed by atoms with Crippen LogP contribution in [0.2, 0.25) is 0 Å². The summed E-state index contributed by atoms with van der Waals surface area (Å²) in [5, 5.41) is 0. The number of ketones is 2. The zero-order chi connectivity index (χ0) is 15.4. The van der Waals surface area contributed by atoms with Crippen molar-refractivity contribution < 1.29 is 14.0 Å². The first kappa shape index (κ1) is 14.2. The van der Waals surface area contributed by atoms with Crippen LogP contribution >= 0.6 is 0 Å². The number of benzene rings is 1. The van der Waals surface area contributed by atoms with Gasteiger partial charge in [-0.15, -0.1) is 0 Å². The second-order valence-electron chi connectivity index (χ2n) is 6.92. The summed E-state index contributed by atoms with van der Waals surface area (Å²) in [7, 11) is 0. The number of carbonyl (C=O) groups is 2. The summed E-state index contributed by atoms with van der Waals surface area (Å²) < 4.78 is 13.7. The maximum Gasteiger partial charge on any atom is 0.189 e. The maximum atomic E-state index is 13.7. The zero-order valence-corrected chi connectivity index (χ0v) is 12.6. The van der Waals surface area contributed by atoms with Crippen molar-refractivity contribution in [2.75, 3.05) is 0 Å². The van der Waals surface area contributed by atoms with E-state index < -0.39 is 11.6 Å². The second-order valence-corrected chi connectivity index (χ2v) is 6.92. The number of allylic oxidation sites excluding steroid dienone is 2. The molecule has 2 saturated carbocycles.